The molecule has 0 aliphatic rings. The normalized spacial score (nSPS) is 12.4. The molecule has 0 aliphatic heterocycles. The van der Waals surface area contributed by atoms with Crippen LogP contribution in [0, 0.1) is 17.0 Å². The summed E-state index contributed by atoms with van der Waals surface area (Å²) in [5, 5.41) is 10.7. The zero-order valence-electron chi connectivity index (χ0n) is 10.8. The van der Waals surface area contributed by atoms with Gasteiger partial charge in [-0.3, -0.25) is 10.1 Å². The lowest BCUT2D eigenvalue weighted by molar-refractivity contribution is -0.385. The molecule has 11 heteroatoms. The van der Waals surface area contributed by atoms with E-state index >= 15 is 0 Å². The van der Waals surface area contributed by atoms with Crippen LogP contribution in [0.2, 0.25) is 5.02 Å². The van der Waals surface area contributed by atoms with Gasteiger partial charge in [0.1, 0.15) is 0 Å². The highest BCUT2D eigenvalue weighted by Crippen LogP contribution is 2.29. The second-order valence-electron chi connectivity index (χ2n) is 4.19. The van der Waals surface area contributed by atoms with Crippen LogP contribution in [-0.4, -0.2) is 32.4 Å². The van der Waals surface area contributed by atoms with Crippen LogP contribution in [-0.2, 0) is 10.0 Å². The maximum atomic E-state index is 13.0. The zero-order chi connectivity index (χ0) is 16.4. The molecule has 0 saturated carbocycles. The standard InChI is InChI=1S/C10H12ClF2N3O4S/c1-6-8(11)2-7(3-9(6)16(17)18)21(19,20)15-5-10(12,13)4-14/h2-3,15H,4-5,14H2,1H3. The van der Waals surface area contributed by atoms with Crippen molar-refractivity contribution in [2.75, 3.05) is 13.1 Å². The van der Waals surface area contributed by atoms with E-state index < -0.39 is 44.5 Å². The summed E-state index contributed by atoms with van der Waals surface area (Å²) in [6.07, 6.45) is 0. The molecule has 0 bridgehead atoms. The summed E-state index contributed by atoms with van der Waals surface area (Å²) in [5.74, 6) is -3.42. The third kappa shape index (κ3) is 4.30. The highest BCUT2D eigenvalue weighted by atomic mass is 35.5. The number of nitro benzene ring substituents is 1. The molecule has 1 rings (SSSR count). The van der Waals surface area contributed by atoms with E-state index in [9.17, 15) is 27.3 Å². The molecule has 0 amide bonds. The summed E-state index contributed by atoms with van der Waals surface area (Å²) in [6, 6.07) is 1.71. The molecular formula is C10H12ClF2N3O4S. The number of alkyl halides is 2. The lowest BCUT2D eigenvalue weighted by Crippen LogP contribution is -2.41. The molecule has 7 nitrogen and oxygen atoms in total. The first-order chi connectivity index (χ1) is 9.50. The Morgan fingerprint density at radius 3 is 2.52 bits per heavy atom. The summed E-state index contributed by atoms with van der Waals surface area (Å²) in [4.78, 5) is 9.43. The Bertz CT molecular complexity index is 667. The Morgan fingerprint density at radius 2 is 2.05 bits per heavy atom. The summed E-state index contributed by atoms with van der Waals surface area (Å²) in [5.41, 5.74) is 4.34. The van der Waals surface area contributed by atoms with Crippen LogP contribution in [0.5, 0.6) is 0 Å². The number of nitrogens with two attached hydrogens (primary N) is 1. The zero-order valence-corrected chi connectivity index (χ0v) is 12.3. The average Bonchev–Trinajstić information content (AvgIpc) is 2.39. The molecule has 0 spiro atoms. The van der Waals surface area contributed by atoms with E-state index in [-0.39, 0.29) is 10.6 Å². The van der Waals surface area contributed by atoms with Gasteiger partial charge in [0.05, 0.1) is 27.9 Å². The first-order valence-electron chi connectivity index (χ1n) is 5.52. The largest absolute Gasteiger partial charge is 0.325 e. The fourth-order valence-corrected chi connectivity index (χ4v) is 2.73. The van der Waals surface area contributed by atoms with Crippen molar-refractivity contribution in [3.63, 3.8) is 0 Å². The van der Waals surface area contributed by atoms with Gasteiger partial charge in [0, 0.05) is 11.6 Å². The Morgan fingerprint density at radius 1 is 1.48 bits per heavy atom. The molecule has 0 atom stereocenters. The van der Waals surface area contributed by atoms with Crippen molar-refractivity contribution in [2.24, 2.45) is 5.73 Å². The maximum absolute atomic E-state index is 13.0. The number of nitro groups is 1. The van der Waals surface area contributed by atoms with Crippen molar-refractivity contribution in [3.05, 3.63) is 32.8 Å². The van der Waals surface area contributed by atoms with Crippen molar-refractivity contribution in [2.45, 2.75) is 17.7 Å². The second kappa shape index (κ2) is 6.18. The number of nitrogens with zero attached hydrogens (tertiary/aromatic N) is 1. The summed E-state index contributed by atoms with van der Waals surface area (Å²) < 4.78 is 51.3. The van der Waals surface area contributed by atoms with E-state index in [1.807, 2.05) is 0 Å². The van der Waals surface area contributed by atoms with Gasteiger partial charge in [-0.1, -0.05) is 11.6 Å². The smallest absolute Gasteiger partial charge is 0.275 e. The van der Waals surface area contributed by atoms with Crippen LogP contribution in [0.1, 0.15) is 5.56 Å². The Kier molecular flexibility index (Phi) is 5.20. The van der Waals surface area contributed by atoms with Crippen LogP contribution in [0.15, 0.2) is 17.0 Å². The molecule has 118 valence electrons. The van der Waals surface area contributed by atoms with Crippen LogP contribution >= 0.6 is 11.6 Å². The Balaban J connectivity index is 3.18. The van der Waals surface area contributed by atoms with Crippen molar-refractivity contribution in [1.82, 2.24) is 4.72 Å². The van der Waals surface area contributed by atoms with E-state index in [1.54, 1.807) is 4.72 Å². The van der Waals surface area contributed by atoms with Crippen molar-refractivity contribution >= 4 is 27.3 Å². The number of halogens is 3. The summed E-state index contributed by atoms with van der Waals surface area (Å²) in [7, 11) is -4.37. The van der Waals surface area contributed by atoms with Gasteiger partial charge in [0.15, 0.2) is 0 Å². The number of benzene rings is 1. The van der Waals surface area contributed by atoms with Crippen molar-refractivity contribution in [3.8, 4) is 0 Å². The highest BCUT2D eigenvalue weighted by molar-refractivity contribution is 7.89. The number of rotatable bonds is 6. The van der Waals surface area contributed by atoms with Gasteiger partial charge in [-0.25, -0.2) is 21.9 Å². The Labute approximate surface area is 124 Å². The van der Waals surface area contributed by atoms with Crippen LogP contribution in [0.25, 0.3) is 0 Å². The predicted octanol–water partition coefficient (Wildman–Crippen LogP) is 1.43. The first kappa shape index (κ1) is 17.7. The van der Waals surface area contributed by atoms with E-state index in [4.69, 9.17) is 17.3 Å². The monoisotopic (exact) mass is 343 g/mol. The molecule has 0 fully saturated rings. The first-order valence-corrected chi connectivity index (χ1v) is 7.38. The molecule has 0 saturated heterocycles. The summed E-state index contributed by atoms with van der Waals surface area (Å²) in [6.45, 7) is -0.914. The third-order valence-corrected chi connectivity index (χ3v) is 4.39. The fourth-order valence-electron chi connectivity index (χ4n) is 1.34. The summed E-state index contributed by atoms with van der Waals surface area (Å²) >= 11 is 5.72. The molecule has 1 aromatic rings. The fraction of sp³-hybridized carbons (Fsp3) is 0.400. The lowest BCUT2D eigenvalue weighted by Gasteiger charge is -2.15. The molecule has 0 aromatic heterocycles. The number of sulfonamides is 1. The molecule has 1 aromatic carbocycles. The quantitative estimate of drug-likeness (QED) is 0.598. The van der Waals surface area contributed by atoms with Crippen LogP contribution in [0.3, 0.4) is 0 Å². The molecule has 3 N–H and O–H groups in total. The Hall–Kier alpha value is -1.36. The van der Waals surface area contributed by atoms with Gasteiger partial charge in [-0.05, 0) is 13.0 Å². The minimum atomic E-state index is -4.37. The van der Waals surface area contributed by atoms with E-state index in [0.717, 1.165) is 12.1 Å². The molecule has 21 heavy (non-hydrogen) atoms. The minimum Gasteiger partial charge on any atom is -0.325 e. The molecular weight excluding hydrogens is 332 g/mol. The van der Waals surface area contributed by atoms with Gasteiger partial charge in [-0.15, -0.1) is 0 Å². The van der Waals surface area contributed by atoms with Crippen molar-refractivity contribution in [1.29, 1.82) is 0 Å². The van der Waals surface area contributed by atoms with Crippen molar-refractivity contribution < 1.29 is 22.1 Å². The topological polar surface area (TPSA) is 115 Å². The third-order valence-electron chi connectivity index (χ3n) is 2.62. The highest BCUT2D eigenvalue weighted by Gasteiger charge is 2.30. The number of hydrogen-bond acceptors (Lipinski definition) is 5. The van der Waals surface area contributed by atoms with Gasteiger partial charge in [0.2, 0.25) is 10.0 Å². The van der Waals surface area contributed by atoms with E-state index in [0.29, 0.717) is 0 Å². The number of hydrogen-bond donors (Lipinski definition) is 2. The van der Waals surface area contributed by atoms with E-state index in [1.165, 1.54) is 6.92 Å². The second-order valence-corrected chi connectivity index (χ2v) is 6.37. The molecule has 0 aliphatic carbocycles. The SMILES string of the molecule is Cc1c(Cl)cc(S(=O)(=O)NCC(F)(F)CN)cc1[N+](=O)[O-]. The van der Waals surface area contributed by atoms with E-state index in [2.05, 4.69) is 0 Å². The van der Waals surface area contributed by atoms with Crippen LogP contribution in [0.4, 0.5) is 14.5 Å². The molecule has 0 radical (unpaired) electrons. The van der Waals surface area contributed by atoms with Gasteiger partial charge in [0.25, 0.3) is 11.6 Å². The van der Waals surface area contributed by atoms with Gasteiger partial charge < -0.3 is 5.73 Å². The predicted molar refractivity (Wildman–Crippen MR) is 72.0 cm³/mol. The molecule has 0 heterocycles. The van der Waals surface area contributed by atoms with Gasteiger partial charge >= 0.3 is 0 Å². The molecule has 0 unspecified atom stereocenters. The lowest BCUT2D eigenvalue weighted by atomic mass is 10.2. The number of nitrogens with one attached hydrogen (secondary N) is 1. The van der Waals surface area contributed by atoms with Gasteiger partial charge in [-0.2, -0.15) is 0 Å². The minimum absolute atomic E-state index is 0.0768. The van der Waals surface area contributed by atoms with Crippen LogP contribution < -0.4 is 10.5 Å². The average molecular weight is 344 g/mol. The maximum Gasteiger partial charge on any atom is 0.275 e.